The Morgan fingerprint density at radius 3 is 2.35 bits per heavy atom. The van der Waals surface area contributed by atoms with E-state index >= 15 is 0 Å². The zero-order chi connectivity index (χ0) is 26.4. The van der Waals surface area contributed by atoms with Gasteiger partial charge in [-0.15, -0.1) is 0 Å². The van der Waals surface area contributed by atoms with Crippen LogP contribution in [0.2, 0.25) is 0 Å². The van der Waals surface area contributed by atoms with Crippen molar-refractivity contribution in [3.63, 3.8) is 0 Å². The zero-order valence-corrected chi connectivity index (χ0v) is 20.5. The number of ether oxygens (including phenoxy) is 1. The number of piperazine rings is 1. The Morgan fingerprint density at radius 2 is 1.68 bits per heavy atom. The molecule has 2 heterocycles. The number of hydrogen-bond acceptors (Lipinski definition) is 7. The van der Waals surface area contributed by atoms with Crippen LogP contribution in [0.5, 0.6) is 11.6 Å². The quantitative estimate of drug-likeness (QED) is 0.419. The van der Waals surface area contributed by atoms with Crippen LogP contribution in [0.15, 0.2) is 54.7 Å². The number of nitrogens with zero attached hydrogens (tertiary/aromatic N) is 4. The van der Waals surface area contributed by atoms with Crippen LogP contribution in [0.1, 0.15) is 11.1 Å². The summed E-state index contributed by atoms with van der Waals surface area (Å²) in [4.78, 5) is 24.8. The van der Waals surface area contributed by atoms with E-state index < -0.39 is 17.8 Å². The smallest absolute Gasteiger partial charge is 0.416 e. The predicted molar refractivity (Wildman–Crippen MR) is 135 cm³/mol. The molecular formula is C25H28F3N7O2. The second-order valence-corrected chi connectivity index (χ2v) is 8.62. The van der Waals surface area contributed by atoms with E-state index in [1.807, 2.05) is 11.9 Å². The second kappa shape index (κ2) is 11.4. The number of alkyl halides is 3. The third-order valence-electron chi connectivity index (χ3n) is 5.85. The van der Waals surface area contributed by atoms with E-state index in [1.165, 1.54) is 12.1 Å². The standard InChI is InChI=1S/C25H28F3N7O2/c1-29-23-30-10-9-22(33-23)37-20-7-5-18(6-8-20)31-24(36)32-19-4-3-17(21(15-19)25(26,27)28)16-35-13-11-34(2)12-14-35/h3-10,15H,11-14,16H2,1-2H3,(H,29,30,33)(H2,31,32,36). The zero-order valence-electron chi connectivity index (χ0n) is 20.5. The van der Waals surface area contributed by atoms with Gasteiger partial charge in [-0.3, -0.25) is 4.90 Å². The molecule has 1 fully saturated rings. The van der Waals surface area contributed by atoms with Gasteiger partial charge in [-0.1, -0.05) is 6.07 Å². The van der Waals surface area contributed by atoms with Crippen LogP contribution in [0.25, 0.3) is 0 Å². The predicted octanol–water partition coefficient (Wildman–Crippen LogP) is 4.72. The molecular weight excluding hydrogens is 487 g/mol. The van der Waals surface area contributed by atoms with Crippen LogP contribution in [-0.4, -0.2) is 66.1 Å². The Kier molecular flexibility index (Phi) is 8.09. The first-order valence-corrected chi connectivity index (χ1v) is 11.7. The number of urea groups is 1. The van der Waals surface area contributed by atoms with E-state index in [1.54, 1.807) is 43.6 Å². The largest absolute Gasteiger partial charge is 0.439 e. The first-order chi connectivity index (χ1) is 17.7. The Bertz CT molecular complexity index is 1210. The molecule has 4 rings (SSSR count). The molecule has 2 aromatic carbocycles. The van der Waals surface area contributed by atoms with Crippen LogP contribution >= 0.6 is 0 Å². The van der Waals surface area contributed by atoms with Gasteiger partial charge in [0.15, 0.2) is 0 Å². The maximum Gasteiger partial charge on any atom is 0.416 e. The number of rotatable bonds is 7. The van der Waals surface area contributed by atoms with Gasteiger partial charge in [0.2, 0.25) is 11.8 Å². The molecule has 0 bridgehead atoms. The summed E-state index contributed by atoms with van der Waals surface area (Å²) in [5, 5.41) is 7.90. The molecule has 3 N–H and O–H groups in total. The van der Waals surface area contributed by atoms with Crippen molar-refractivity contribution in [1.82, 2.24) is 19.8 Å². The molecule has 12 heteroatoms. The number of anilines is 3. The molecule has 3 aromatic rings. The van der Waals surface area contributed by atoms with Gasteiger partial charge in [-0.25, -0.2) is 9.78 Å². The van der Waals surface area contributed by atoms with Crippen LogP contribution < -0.4 is 20.7 Å². The summed E-state index contributed by atoms with van der Waals surface area (Å²) < 4.78 is 47.0. The normalized spacial score (nSPS) is 14.7. The van der Waals surface area contributed by atoms with E-state index in [2.05, 4.69) is 30.8 Å². The highest BCUT2D eigenvalue weighted by Crippen LogP contribution is 2.34. The minimum absolute atomic E-state index is 0.0519. The van der Waals surface area contributed by atoms with Gasteiger partial charge in [0.25, 0.3) is 0 Å². The van der Waals surface area contributed by atoms with Crippen molar-refractivity contribution in [2.45, 2.75) is 12.7 Å². The molecule has 0 saturated carbocycles. The van der Waals surface area contributed by atoms with Gasteiger partial charge in [-0.05, 0) is 49.0 Å². The third-order valence-corrected chi connectivity index (χ3v) is 5.85. The summed E-state index contributed by atoms with van der Waals surface area (Å²) >= 11 is 0. The highest BCUT2D eigenvalue weighted by Gasteiger charge is 2.34. The van der Waals surface area contributed by atoms with Crippen molar-refractivity contribution in [3.05, 3.63) is 65.9 Å². The molecule has 2 amide bonds. The summed E-state index contributed by atoms with van der Waals surface area (Å²) in [7, 11) is 3.68. The van der Waals surface area contributed by atoms with Gasteiger partial charge in [0.05, 0.1) is 5.56 Å². The number of carbonyl (C=O) groups excluding carboxylic acids is 1. The summed E-state index contributed by atoms with van der Waals surface area (Å²) in [5.74, 6) is 1.24. The van der Waals surface area contributed by atoms with Gasteiger partial charge in [0.1, 0.15) is 5.75 Å². The molecule has 0 aliphatic carbocycles. The highest BCUT2D eigenvalue weighted by molar-refractivity contribution is 5.99. The first-order valence-electron chi connectivity index (χ1n) is 11.7. The van der Waals surface area contributed by atoms with E-state index in [9.17, 15) is 18.0 Å². The highest BCUT2D eigenvalue weighted by atomic mass is 19.4. The molecule has 37 heavy (non-hydrogen) atoms. The molecule has 0 atom stereocenters. The van der Waals surface area contributed by atoms with Crippen molar-refractivity contribution < 1.29 is 22.7 Å². The van der Waals surface area contributed by atoms with Crippen molar-refractivity contribution in [1.29, 1.82) is 0 Å². The fraction of sp³-hybridized carbons (Fsp3) is 0.320. The summed E-state index contributed by atoms with van der Waals surface area (Å²) in [6, 6.07) is 11.3. The van der Waals surface area contributed by atoms with Crippen LogP contribution in [0.3, 0.4) is 0 Å². The monoisotopic (exact) mass is 515 g/mol. The number of benzene rings is 2. The lowest BCUT2D eigenvalue weighted by Gasteiger charge is -2.33. The van der Waals surface area contributed by atoms with Crippen molar-refractivity contribution in [3.8, 4) is 11.6 Å². The lowest BCUT2D eigenvalue weighted by Crippen LogP contribution is -2.44. The molecule has 0 radical (unpaired) electrons. The van der Waals surface area contributed by atoms with Crippen LogP contribution in [0, 0.1) is 0 Å². The fourth-order valence-corrected chi connectivity index (χ4v) is 3.84. The number of aromatic nitrogens is 2. The topological polar surface area (TPSA) is 94.6 Å². The lowest BCUT2D eigenvalue weighted by molar-refractivity contribution is -0.138. The number of hydrogen-bond donors (Lipinski definition) is 3. The lowest BCUT2D eigenvalue weighted by atomic mass is 10.0. The minimum atomic E-state index is -4.54. The van der Waals surface area contributed by atoms with Crippen LogP contribution in [-0.2, 0) is 12.7 Å². The average Bonchev–Trinajstić information content (AvgIpc) is 2.87. The molecule has 1 aromatic heterocycles. The number of halogens is 3. The maximum atomic E-state index is 13.8. The number of amides is 2. The molecule has 1 aliphatic heterocycles. The van der Waals surface area contributed by atoms with E-state index in [-0.39, 0.29) is 17.8 Å². The number of nitrogens with one attached hydrogen (secondary N) is 3. The van der Waals surface area contributed by atoms with E-state index in [4.69, 9.17) is 4.74 Å². The summed E-state index contributed by atoms with van der Waals surface area (Å²) in [5.41, 5.74) is -0.0804. The second-order valence-electron chi connectivity index (χ2n) is 8.62. The number of carbonyl (C=O) groups is 1. The van der Waals surface area contributed by atoms with E-state index in [0.717, 1.165) is 19.2 Å². The maximum absolute atomic E-state index is 13.8. The van der Waals surface area contributed by atoms with Gasteiger partial charge >= 0.3 is 12.2 Å². The number of likely N-dealkylation sites (N-methyl/N-ethyl adjacent to an activating group) is 1. The molecule has 196 valence electrons. The first kappa shape index (κ1) is 26.2. The van der Waals surface area contributed by atoms with Gasteiger partial charge in [0, 0.05) is 63.4 Å². The third kappa shape index (κ3) is 7.30. The minimum Gasteiger partial charge on any atom is -0.439 e. The Labute approximate surface area is 212 Å². The molecule has 1 aliphatic rings. The molecule has 1 saturated heterocycles. The fourth-order valence-electron chi connectivity index (χ4n) is 3.84. The Morgan fingerprint density at radius 1 is 1.00 bits per heavy atom. The summed E-state index contributed by atoms with van der Waals surface area (Å²) in [6.07, 6.45) is -2.99. The van der Waals surface area contributed by atoms with Crippen LogP contribution in [0.4, 0.5) is 35.3 Å². The van der Waals surface area contributed by atoms with Crippen molar-refractivity contribution >= 4 is 23.4 Å². The van der Waals surface area contributed by atoms with Gasteiger partial charge in [-0.2, -0.15) is 18.2 Å². The summed E-state index contributed by atoms with van der Waals surface area (Å²) in [6.45, 7) is 3.24. The van der Waals surface area contributed by atoms with Crippen molar-refractivity contribution in [2.24, 2.45) is 0 Å². The van der Waals surface area contributed by atoms with Gasteiger partial charge < -0.3 is 25.6 Å². The molecule has 9 nitrogen and oxygen atoms in total. The molecule has 0 unspecified atom stereocenters. The van der Waals surface area contributed by atoms with E-state index in [0.29, 0.717) is 36.4 Å². The van der Waals surface area contributed by atoms with Crippen molar-refractivity contribution in [2.75, 3.05) is 56.2 Å². The molecule has 0 spiro atoms. The Balaban J connectivity index is 1.37. The SMILES string of the molecule is CNc1nccc(Oc2ccc(NC(=O)Nc3ccc(CN4CCN(C)CC4)c(C(F)(F)F)c3)cc2)n1. The average molecular weight is 516 g/mol. The Hall–Kier alpha value is -3.90.